The average molecular weight is 286 g/mol. The maximum atomic E-state index is 5.89. The van der Waals surface area contributed by atoms with Crippen molar-refractivity contribution in [1.29, 1.82) is 0 Å². The highest BCUT2D eigenvalue weighted by molar-refractivity contribution is 6.28. The maximum Gasteiger partial charge on any atom is 0.228 e. The average Bonchev–Trinajstić information content (AvgIpc) is 2.35. The number of methoxy groups -OCH3 is 1. The van der Waals surface area contributed by atoms with Crippen LogP contribution in [0.5, 0.6) is 0 Å². The van der Waals surface area contributed by atoms with Gasteiger partial charge in [-0.2, -0.15) is 15.0 Å². The van der Waals surface area contributed by atoms with Crippen LogP contribution in [0.1, 0.15) is 32.6 Å². The van der Waals surface area contributed by atoms with Crippen molar-refractivity contribution in [2.24, 2.45) is 0 Å². The van der Waals surface area contributed by atoms with Crippen LogP contribution in [0.3, 0.4) is 0 Å². The molecule has 0 amide bonds. The number of hydrogen-bond donors (Lipinski definition) is 2. The fourth-order valence-electron chi connectivity index (χ4n) is 2.01. The molecule has 1 aliphatic rings. The van der Waals surface area contributed by atoms with Gasteiger partial charge in [-0.1, -0.05) is 6.92 Å². The number of hydrogen-bond acceptors (Lipinski definition) is 6. The van der Waals surface area contributed by atoms with Crippen molar-refractivity contribution in [3.63, 3.8) is 0 Å². The van der Waals surface area contributed by atoms with Crippen LogP contribution >= 0.6 is 11.6 Å². The standard InChI is InChI=1S/C12H20ClN5O/c1-3-7-14-10-16-9(13)17-11(18-10)15-8-12(19-2)5-4-6-12/h3-8H2,1-2H3,(H2,14,15,16,17,18). The molecule has 1 heterocycles. The lowest BCUT2D eigenvalue weighted by molar-refractivity contribution is -0.0602. The largest absolute Gasteiger partial charge is 0.376 e. The van der Waals surface area contributed by atoms with Crippen molar-refractivity contribution in [2.45, 2.75) is 38.2 Å². The molecule has 0 saturated heterocycles. The Morgan fingerprint density at radius 3 is 2.42 bits per heavy atom. The third-order valence-corrected chi connectivity index (χ3v) is 3.58. The van der Waals surface area contributed by atoms with Gasteiger partial charge in [-0.15, -0.1) is 0 Å². The normalized spacial score (nSPS) is 16.8. The highest BCUT2D eigenvalue weighted by Gasteiger charge is 2.36. The second-order valence-corrected chi connectivity index (χ2v) is 5.11. The van der Waals surface area contributed by atoms with Crippen LogP contribution in [0.25, 0.3) is 0 Å². The first-order valence-electron chi connectivity index (χ1n) is 6.62. The highest BCUT2D eigenvalue weighted by atomic mass is 35.5. The van der Waals surface area contributed by atoms with Crippen LogP contribution in [-0.2, 0) is 4.74 Å². The molecule has 0 spiro atoms. The number of anilines is 2. The molecule has 0 atom stereocenters. The number of rotatable bonds is 7. The zero-order valence-electron chi connectivity index (χ0n) is 11.4. The number of nitrogens with zero attached hydrogens (tertiary/aromatic N) is 3. The summed E-state index contributed by atoms with van der Waals surface area (Å²) in [5.41, 5.74) is -0.0733. The molecule has 19 heavy (non-hydrogen) atoms. The minimum atomic E-state index is -0.0733. The van der Waals surface area contributed by atoms with Crippen LogP contribution < -0.4 is 10.6 Å². The third kappa shape index (κ3) is 3.67. The molecule has 2 rings (SSSR count). The fraction of sp³-hybridized carbons (Fsp3) is 0.750. The quantitative estimate of drug-likeness (QED) is 0.801. The molecule has 0 aliphatic heterocycles. The van der Waals surface area contributed by atoms with Gasteiger partial charge in [0.05, 0.1) is 5.60 Å². The first kappa shape index (κ1) is 14.3. The van der Waals surface area contributed by atoms with E-state index >= 15 is 0 Å². The molecule has 6 nitrogen and oxygen atoms in total. The monoisotopic (exact) mass is 285 g/mol. The van der Waals surface area contributed by atoms with Crippen molar-refractivity contribution in [2.75, 3.05) is 30.8 Å². The van der Waals surface area contributed by atoms with E-state index in [2.05, 4.69) is 32.5 Å². The Labute approximate surface area is 118 Å². The summed E-state index contributed by atoms with van der Waals surface area (Å²) in [6.07, 6.45) is 4.34. The molecule has 0 unspecified atom stereocenters. The lowest BCUT2D eigenvalue weighted by atomic mass is 9.80. The summed E-state index contributed by atoms with van der Waals surface area (Å²) >= 11 is 5.89. The van der Waals surface area contributed by atoms with Gasteiger partial charge in [0, 0.05) is 20.2 Å². The van der Waals surface area contributed by atoms with Crippen molar-refractivity contribution in [3.8, 4) is 0 Å². The first-order valence-corrected chi connectivity index (χ1v) is 7.00. The van der Waals surface area contributed by atoms with Gasteiger partial charge in [0.15, 0.2) is 0 Å². The van der Waals surface area contributed by atoms with Gasteiger partial charge in [-0.3, -0.25) is 0 Å². The lowest BCUT2D eigenvalue weighted by Gasteiger charge is -2.40. The molecule has 1 aromatic heterocycles. The van der Waals surface area contributed by atoms with Gasteiger partial charge >= 0.3 is 0 Å². The number of halogens is 1. The molecule has 106 valence electrons. The summed E-state index contributed by atoms with van der Waals surface area (Å²) in [6, 6.07) is 0. The van der Waals surface area contributed by atoms with Crippen LogP contribution in [0, 0.1) is 0 Å². The Hall–Kier alpha value is -1.14. The molecule has 1 saturated carbocycles. The van der Waals surface area contributed by atoms with E-state index in [1.807, 2.05) is 0 Å². The highest BCUT2D eigenvalue weighted by Crippen LogP contribution is 2.34. The molecule has 1 aliphatic carbocycles. The summed E-state index contributed by atoms with van der Waals surface area (Å²) in [5.74, 6) is 0.992. The molecular formula is C12H20ClN5O. The molecule has 0 bridgehead atoms. The smallest absolute Gasteiger partial charge is 0.228 e. The van der Waals surface area contributed by atoms with Crippen LogP contribution in [-0.4, -0.2) is 40.8 Å². The topological polar surface area (TPSA) is 72.0 Å². The van der Waals surface area contributed by atoms with E-state index in [-0.39, 0.29) is 10.9 Å². The minimum absolute atomic E-state index is 0.0733. The predicted octanol–water partition coefficient (Wildman–Crippen LogP) is 2.33. The summed E-state index contributed by atoms with van der Waals surface area (Å²) < 4.78 is 5.54. The Kier molecular flexibility index (Phi) is 4.76. The summed E-state index contributed by atoms with van der Waals surface area (Å²) in [4.78, 5) is 12.4. The SMILES string of the molecule is CCCNc1nc(Cl)nc(NCC2(OC)CCC2)n1. The summed E-state index contributed by atoms with van der Waals surface area (Å²) in [6.45, 7) is 3.58. The predicted molar refractivity (Wildman–Crippen MR) is 75.7 cm³/mol. The van der Waals surface area contributed by atoms with Gasteiger partial charge in [0.25, 0.3) is 0 Å². The van der Waals surface area contributed by atoms with Crippen molar-refractivity contribution >= 4 is 23.5 Å². The van der Waals surface area contributed by atoms with E-state index < -0.39 is 0 Å². The van der Waals surface area contributed by atoms with E-state index in [1.54, 1.807) is 7.11 Å². The number of nitrogens with one attached hydrogen (secondary N) is 2. The Balaban J connectivity index is 1.97. The Bertz CT molecular complexity index is 419. The van der Waals surface area contributed by atoms with Crippen LogP contribution in [0.15, 0.2) is 0 Å². The Morgan fingerprint density at radius 1 is 1.21 bits per heavy atom. The molecule has 7 heteroatoms. The number of aromatic nitrogens is 3. The first-order chi connectivity index (χ1) is 9.17. The van der Waals surface area contributed by atoms with Crippen molar-refractivity contribution in [3.05, 3.63) is 5.28 Å². The number of ether oxygens (including phenoxy) is 1. The zero-order chi connectivity index (χ0) is 13.7. The molecule has 2 N–H and O–H groups in total. The second-order valence-electron chi connectivity index (χ2n) is 4.77. The summed E-state index contributed by atoms with van der Waals surface area (Å²) in [7, 11) is 1.75. The lowest BCUT2D eigenvalue weighted by Crippen LogP contribution is -2.45. The zero-order valence-corrected chi connectivity index (χ0v) is 12.1. The van der Waals surface area contributed by atoms with Crippen LogP contribution in [0.2, 0.25) is 5.28 Å². The van der Waals surface area contributed by atoms with Gasteiger partial charge < -0.3 is 15.4 Å². The Morgan fingerprint density at radius 2 is 1.89 bits per heavy atom. The van der Waals surface area contributed by atoms with Gasteiger partial charge in [0.1, 0.15) is 0 Å². The molecular weight excluding hydrogens is 266 g/mol. The van der Waals surface area contributed by atoms with Gasteiger partial charge in [0.2, 0.25) is 17.2 Å². The third-order valence-electron chi connectivity index (χ3n) is 3.41. The molecule has 1 fully saturated rings. The second kappa shape index (κ2) is 6.34. The maximum absolute atomic E-state index is 5.89. The van der Waals surface area contributed by atoms with Crippen LogP contribution in [0.4, 0.5) is 11.9 Å². The molecule has 1 aromatic rings. The molecule has 0 aromatic carbocycles. The van der Waals surface area contributed by atoms with Crippen molar-refractivity contribution < 1.29 is 4.74 Å². The fourth-order valence-corrected chi connectivity index (χ4v) is 2.17. The molecule has 0 radical (unpaired) electrons. The van der Waals surface area contributed by atoms with Gasteiger partial charge in [-0.25, -0.2) is 0 Å². The van der Waals surface area contributed by atoms with E-state index in [0.29, 0.717) is 18.4 Å². The van der Waals surface area contributed by atoms with E-state index in [1.165, 1.54) is 6.42 Å². The van der Waals surface area contributed by atoms with E-state index in [0.717, 1.165) is 25.8 Å². The minimum Gasteiger partial charge on any atom is -0.376 e. The van der Waals surface area contributed by atoms with Gasteiger partial charge in [-0.05, 0) is 37.3 Å². The van der Waals surface area contributed by atoms with E-state index in [4.69, 9.17) is 16.3 Å². The van der Waals surface area contributed by atoms with Crippen molar-refractivity contribution in [1.82, 2.24) is 15.0 Å². The van der Waals surface area contributed by atoms with E-state index in [9.17, 15) is 0 Å². The summed E-state index contributed by atoms with van der Waals surface area (Å²) in [5, 5.41) is 6.47.